The second-order valence-corrected chi connectivity index (χ2v) is 4.84. The third-order valence-corrected chi connectivity index (χ3v) is 3.12. The number of nitrogens with one attached hydrogen (secondary N) is 1. The van der Waals surface area contributed by atoms with Crippen LogP contribution in [0.5, 0.6) is 5.75 Å². The van der Waals surface area contributed by atoms with E-state index in [0.717, 1.165) is 36.3 Å². The third kappa shape index (κ3) is 3.39. The van der Waals surface area contributed by atoms with Crippen LogP contribution in [0.25, 0.3) is 0 Å². The molecule has 0 atom stereocenters. The van der Waals surface area contributed by atoms with E-state index < -0.39 is 0 Å². The van der Waals surface area contributed by atoms with Crippen molar-refractivity contribution in [2.45, 2.75) is 26.2 Å². The summed E-state index contributed by atoms with van der Waals surface area (Å²) in [6, 6.07) is 5.83. The van der Waals surface area contributed by atoms with Crippen LogP contribution in [-0.2, 0) is 11.2 Å². The number of alkyl halides is 1. The van der Waals surface area contributed by atoms with Gasteiger partial charge < -0.3 is 10.1 Å². The lowest BCUT2D eigenvalue weighted by Crippen LogP contribution is -2.14. The first kappa shape index (κ1) is 13.2. The number of benzene rings is 1. The molecule has 1 saturated carbocycles. The third-order valence-electron chi connectivity index (χ3n) is 2.94. The maximum absolute atomic E-state index is 11.8. The van der Waals surface area contributed by atoms with Gasteiger partial charge in [0.25, 0.3) is 0 Å². The molecule has 4 heteroatoms. The number of anilines is 1. The average molecular weight is 268 g/mol. The van der Waals surface area contributed by atoms with Crippen molar-refractivity contribution >= 4 is 23.2 Å². The Kier molecular flexibility index (Phi) is 4.48. The van der Waals surface area contributed by atoms with E-state index in [0.29, 0.717) is 12.5 Å². The fourth-order valence-electron chi connectivity index (χ4n) is 1.79. The molecule has 1 aliphatic rings. The lowest BCUT2D eigenvalue weighted by Gasteiger charge is -2.12. The topological polar surface area (TPSA) is 38.3 Å². The number of carbonyl (C=O) groups is 1. The van der Waals surface area contributed by atoms with Crippen LogP contribution >= 0.6 is 11.6 Å². The molecule has 1 amide bonds. The van der Waals surface area contributed by atoms with Crippen LogP contribution in [0, 0.1) is 5.92 Å². The van der Waals surface area contributed by atoms with Gasteiger partial charge in [-0.15, -0.1) is 11.6 Å². The van der Waals surface area contributed by atoms with Crippen LogP contribution in [0.1, 0.15) is 25.3 Å². The van der Waals surface area contributed by atoms with Gasteiger partial charge in [-0.2, -0.15) is 0 Å². The molecule has 0 aromatic heterocycles. The zero-order valence-corrected chi connectivity index (χ0v) is 11.3. The van der Waals surface area contributed by atoms with Crippen molar-refractivity contribution in [1.29, 1.82) is 0 Å². The molecule has 0 saturated heterocycles. The molecule has 0 unspecified atom stereocenters. The average Bonchev–Trinajstić information content (AvgIpc) is 3.17. The molecular weight excluding hydrogens is 250 g/mol. The molecule has 1 aromatic rings. The summed E-state index contributed by atoms with van der Waals surface area (Å²) in [6.45, 7) is 2.51. The van der Waals surface area contributed by atoms with Gasteiger partial charge in [-0.1, -0.05) is 6.07 Å². The number of hydrogen-bond donors (Lipinski definition) is 1. The Morgan fingerprint density at radius 3 is 2.89 bits per heavy atom. The highest BCUT2D eigenvalue weighted by atomic mass is 35.5. The molecule has 98 valence electrons. The molecule has 1 fully saturated rings. The molecule has 0 radical (unpaired) electrons. The van der Waals surface area contributed by atoms with Crippen LogP contribution in [0.2, 0.25) is 0 Å². The largest absolute Gasteiger partial charge is 0.492 e. The van der Waals surface area contributed by atoms with E-state index in [4.69, 9.17) is 16.3 Å². The fraction of sp³-hybridized carbons (Fsp3) is 0.500. The number of aryl methyl sites for hydroxylation is 1. The quantitative estimate of drug-likeness (QED) is 0.804. The summed E-state index contributed by atoms with van der Waals surface area (Å²) < 4.78 is 5.57. The van der Waals surface area contributed by atoms with Crippen LogP contribution in [-0.4, -0.2) is 18.4 Å². The molecule has 18 heavy (non-hydrogen) atoms. The van der Waals surface area contributed by atoms with Gasteiger partial charge in [-0.25, -0.2) is 0 Å². The number of hydrogen-bond acceptors (Lipinski definition) is 2. The maximum atomic E-state index is 11.8. The van der Waals surface area contributed by atoms with Gasteiger partial charge >= 0.3 is 0 Å². The van der Waals surface area contributed by atoms with Crippen molar-refractivity contribution in [1.82, 2.24) is 0 Å². The lowest BCUT2D eigenvalue weighted by atomic mass is 10.1. The molecule has 1 aromatic carbocycles. The van der Waals surface area contributed by atoms with Gasteiger partial charge in [0, 0.05) is 11.8 Å². The lowest BCUT2D eigenvalue weighted by molar-refractivity contribution is -0.117. The SMILES string of the molecule is CCOc1cc(CCCl)ccc1NC(=O)C1CC1. The van der Waals surface area contributed by atoms with Gasteiger partial charge in [-0.3, -0.25) is 4.79 Å². The van der Waals surface area contributed by atoms with Crippen molar-refractivity contribution < 1.29 is 9.53 Å². The van der Waals surface area contributed by atoms with Crippen molar-refractivity contribution in [2.75, 3.05) is 17.8 Å². The molecule has 1 aliphatic carbocycles. The molecule has 0 spiro atoms. The zero-order chi connectivity index (χ0) is 13.0. The Balaban J connectivity index is 2.13. The summed E-state index contributed by atoms with van der Waals surface area (Å²) in [5.41, 5.74) is 1.88. The first-order valence-electron chi connectivity index (χ1n) is 6.37. The van der Waals surface area contributed by atoms with Gasteiger partial charge in [0.05, 0.1) is 12.3 Å². The number of amides is 1. The van der Waals surface area contributed by atoms with Crippen LogP contribution < -0.4 is 10.1 Å². The normalized spacial score (nSPS) is 14.3. The van der Waals surface area contributed by atoms with Gasteiger partial charge in [0.2, 0.25) is 5.91 Å². The summed E-state index contributed by atoms with van der Waals surface area (Å²) in [5, 5.41) is 2.93. The minimum Gasteiger partial charge on any atom is -0.492 e. The molecule has 0 bridgehead atoms. The molecule has 2 rings (SSSR count). The van der Waals surface area contributed by atoms with Gasteiger partial charge in [0.1, 0.15) is 5.75 Å². The number of rotatable bonds is 6. The highest BCUT2D eigenvalue weighted by molar-refractivity contribution is 6.18. The Bertz CT molecular complexity index is 430. The highest BCUT2D eigenvalue weighted by Crippen LogP contribution is 2.32. The number of halogens is 1. The van der Waals surface area contributed by atoms with Crippen LogP contribution in [0.15, 0.2) is 18.2 Å². The Morgan fingerprint density at radius 2 is 2.28 bits per heavy atom. The van der Waals surface area contributed by atoms with Crippen molar-refractivity contribution in [3.63, 3.8) is 0 Å². The molecule has 1 N–H and O–H groups in total. The fourth-order valence-corrected chi connectivity index (χ4v) is 2.01. The summed E-state index contributed by atoms with van der Waals surface area (Å²) in [4.78, 5) is 11.8. The van der Waals surface area contributed by atoms with E-state index in [9.17, 15) is 4.79 Å². The summed E-state index contributed by atoms with van der Waals surface area (Å²) in [7, 11) is 0. The van der Waals surface area contributed by atoms with Gasteiger partial charge in [-0.05, 0) is 43.9 Å². The molecule has 0 heterocycles. The highest BCUT2D eigenvalue weighted by Gasteiger charge is 2.30. The zero-order valence-electron chi connectivity index (χ0n) is 10.5. The van der Waals surface area contributed by atoms with Gasteiger partial charge in [0.15, 0.2) is 0 Å². The minimum atomic E-state index is 0.0982. The summed E-state index contributed by atoms with van der Waals surface area (Å²) in [5.74, 6) is 1.61. The van der Waals surface area contributed by atoms with Crippen molar-refractivity contribution in [2.24, 2.45) is 5.92 Å². The van der Waals surface area contributed by atoms with Crippen molar-refractivity contribution in [3.8, 4) is 5.75 Å². The van der Waals surface area contributed by atoms with Crippen LogP contribution in [0.3, 0.4) is 0 Å². The van der Waals surface area contributed by atoms with E-state index in [1.807, 2.05) is 25.1 Å². The van der Waals surface area contributed by atoms with E-state index in [1.54, 1.807) is 0 Å². The minimum absolute atomic E-state index is 0.0982. The monoisotopic (exact) mass is 267 g/mol. The van der Waals surface area contributed by atoms with E-state index in [2.05, 4.69) is 5.32 Å². The maximum Gasteiger partial charge on any atom is 0.227 e. The smallest absolute Gasteiger partial charge is 0.227 e. The van der Waals surface area contributed by atoms with E-state index in [1.165, 1.54) is 0 Å². The molecule has 0 aliphatic heterocycles. The number of ether oxygens (including phenoxy) is 1. The second kappa shape index (κ2) is 6.10. The second-order valence-electron chi connectivity index (χ2n) is 4.47. The Labute approximate surface area is 112 Å². The van der Waals surface area contributed by atoms with E-state index in [-0.39, 0.29) is 11.8 Å². The summed E-state index contributed by atoms with van der Waals surface area (Å²) >= 11 is 5.73. The van der Waals surface area contributed by atoms with Crippen molar-refractivity contribution in [3.05, 3.63) is 23.8 Å². The molecule has 3 nitrogen and oxygen atoms in total. The first-order chi connectivity index (χ1) is 8.74. The van der Waals surface area contributed by atoms with E-state index >= 15 is 0 Å². The predicted molar refractivity (Wildman–Crippen MR) is 73.4 cm³/mol. The first-order valence-corrected chi connectivity index (χ1v) is 6.90. The molecular formula is C14H18ClNO2. The standard InChI is InChI=1S/C14H18ClNO2/c1-2-18-13-9-10(7-8-15)3-6-12(13)16-14(17)11-4-5-11/h3,6,9,11H,2,4-5,7-8H2,1H3,(H,16,17). The Hall–Kier alpha value is -1.22. The predicted octanol–water partition coefficient (Wildman–Crippen LogP) is 3.22. The number of carbonyl (C=O) groups excluding carboxylic acids is 1. The Morgan fingerprint density at radius 1 is 1.50 bits per heavy atom. The summed E-state index contributed by atoms with van der Waals surface area (Å²) in [6.07, 6.45) is 2.80. The van der Waals surface area contributed by atoms with Crippen LogP contribution in [0.4, 0.5) is 5.69 Å².